The first-order chi connectivity index (χ1) is 3.31. The van der Waals surface area contributed by atoms with E-state index < -0.39 is 0 Å². The summed E-state index contributed by atoms with van der Waals surface area (Å²) in [5.74, 6) is 2.31. The molecule has 0 aliphatic rings. The van der Waals surface area contributed by atoms with Crippen molar-refractivity contribution in [1.29, 1.82) is 0 Å². The van der Waals surface area contributed by atoms with Crippen LogP contribution in [-0.4, -0.2) is 12.8 Å². The maximum Gasteiger partial charge on any atom is 0.184 e. The number of hydrogen-bond acceptors (Lipinski definition) is 2. The highest BCUT2D eigenvalue weighted by Crippen LogP contribution is 1.84. The van der Waals surface area contributed by atoms with E-state index in [1.807, 2.05) is 0 Å². The third kappa shape index (κ3) is 5.32. The van der Waals surface area contributed by atoms with Crippen LogP contribution in [0.2, 0.25) is 0 Å². The highest BCUT2D eigenvalue weighted by Gasteiger charge is 1.88. The van der Waals surface area contributed by atoms with Gasteiger partial charge in [0, 0.05) is 6.72 Å². The number of terminal acetylenes is 1. The van der Waals surface area contributed by atoms with Gasteiger partial charge in [0.1, 0.15) is 0 Å². The van der Waals surface area contributed by atoms with Gasteiger partial charge in [0.2, 0.25) is 0 Å². The van der Waals surface area contributed by atoms with E-state index in [0.29, 0.717) is 0 Å². The normalized spacial score (nSPS) is 10.0. The first-order valence-corrected chi connectivity index (χ1v) is 1.89. The molecular weight excluding hydrogens is 126 g/mol. The molecule has 0 aromatic heterocycles. The lowest BCUT2D eigenvalue weighted by Crippen LogP contribution is -1.97. The molecule has 0 amide bonds. The quantitative estimate of drug-likeness (QED) is 0.314. The van der Waals surface area contributed by atoms with Crippen LogP contribution in [0.25, 0.3) is 0 Å². The molecule has 0 aromatic carbocycles. The predicted molar refractivity (Wildman–Crippen MR) is 36.2 cm³/mol. The largest absolute Gasteiger partial charge is 0.380 e. The number of hydrogen-bond donors (Lipinski definition) is 0. The maximum atomic E-state index is 4.90. The Labute approximate surface area is 55.3 Å². The van der Waals surface area contributed by atoms with Crippen molar-refractivity contribution in [3.8, 4) is 12.3 Å². The van der Waals surface area contributed by atoms with Gasteiger partial charge in [-0.2, -0.15) is 0 Å². The van der Waals surface area contributed by atoms with Crippen molar-refractivity contribution in [2.24, 2.45) is 5.16 Å². The number of rotatable bonds is 2. The molecule has 8 heavy (non-hydrogen) atoms. The smallest absolute Gasteiger partial charge is 0.184 e. The van der Waals surface area contributed by atoms with Crippen LogP contribution in [0.3, 0.4) is 0 Å². The van der Waals surface area contributed by atoms with E-state index in [9.17, 15) is 0 Å². The monoisotopic (exact) mass is 133 g/mol. The van der Waals surface area contributed by atoms with Gasteiger partial charge in [0.25, 0.3) is 0 Å². The zero-order chi connectivity index (χ0) is 5.70. The second-order valence-electron chi connectivity index (χ2n) is 1.04. The molecule has 0 aliphatic carbocycles. The minimum atomic E-state index is -0.252. The van der Waals surface area contributed by atoms with Gasteiger partial charge in [0.15, 0.2) is 6.10 Å². The Balaban J connectivity index is 0. The maximum absolute atomic E-state index is 4.90. The summed E-state index contributed by atoms with van der Waals surface area (Å²) in [6.07, 6.45) is 4.64. The Morgan fingerprint density at radius 1 is 1.88 bits per heavy atom. The summed E-state index contributed by atoms with van der Waals surface area (Å²) in [4.78, 5) is 4.47. The minimum Gasteiger partial charge on any atom is -0.380 e. The Morgan fingerprint density at radius 3 is 2.50 bits per heavy atom. The predicted octanol–water partition coefficient (Wildman–Crippen LogP) is 1.06. The summed E-state index contributed by atoms with van der Waals surface area (Å²) in [5.41, 5.74) is 0. The molecule has 3 heteroatoms. The summed E-state index contributed by atoms with van der Waals surface area (Å²) in [7, 11) is 0. The lowest BCUT2D eigenvalue weighted by Gasteiger charge is -1.96. The van der Waals surface area contributed by atoms with Gasteiger partial charge in [-0.15, -0.1) is 24.0 Å². The molecule has 0 rings (SSSR count). The van der Waals surface area contributed by atoms with Crippen molar-refractivity contribution in [3.63, 3.8) is 0 Å². The van der Waals surface area contributed by atoms with E-state index in [2.05, 4.69) is 22.6 Å². The topological polar surface area (TPSA) is 21.6 Å². The van der Waals surface area contributed by atoms with Crippen LogP contribution < -0.4 is 0 Å². The molecule has 2 nitrogen and oxygen atoms in total. The standard InChI is InChI=1S/C5H7NO.ClH/c1-4-5(2)7-6-3;/h1,5H,3H2,2H3;1H. The van der Waals surface area contributed by atoms with Crippen LogP contribution in [0, 0.1) is 12.3 Å². The van der Waals surface area contributed by atoms with E-state index in [4.69, 9.17) is 6.42 Å². The second kappa shape index (κ2) is 6.32. The molecule has 0 N–H and O–H groups in total. The lowest BCUT2D eigenvalue weighted by molar-refractivity contribution is 0.115. The van der Waals surface area contributed by atoms with Crippen molar-refractivity contribution in [1.82, 2.24) is 0 Å². The Bertz CT molecular complexity index is 97.1. The van der Waals surface area contributed by atoms with Gasteiger partial charge in [-0.05, 0) is 6.92 Å². The zero-order valence-electron chi connectivity index (χ0n) is 4.63. The zero-order valence-corrected chi connectivity index (χ0v) is 5.44. The summed E-state index contributed by atoms with van der Waals surface area (Å²) in [6, 6.07) is 0. The van der Waals surface area contributed by atoms with Gasteiger partial charge in [-0.1, -0.05) is 5.92 Å². The fourth-order valence-corrected chi connectivity index (χ4v) is 0.142. The number of halogens is 1. The Morgan fingerprint density at radius 2 is 2.38 bits per heavy atom. The molecule has 0 heterocycles. The SMILES string of the molecule is C#CC(C)ON=C.Cl. The second-order valence-corrected chi connectivity index (χ2v) is 1.04. The third-order valence-corrected chi connectivity index (χ3v) is 0.467. The van der Waals surface area contributed by atoms with E-state index in [-0.39, 0.29) is 18.5 Å². The molecule has 1 atom stereocenters. The van der Waals surface area contributed by atoms with Crippen molar-refractivity contribution in [2.45, 2.75) is 13.0 Å². The van der Waals surface area contributed by atoms with Gasteiger partial charge in [-0.25, -0.2) is 0 Å². The van der Waals surface area contributed by atoms with Gasteiger partial charge in [0.05, 0.1) is 0 Å². The lowest BCUT2D eigenvalue weighted by atomic mass is 10.4. The molecule has 0 saturated heterocycles. The first-order valence-electron chi connectivity index (χ1n) is 1.89. The summed E-state index contributed by atoms with van der Waals surface area (Å²) >= 11 is 0. The number of nitrogens with zero attached hydrogens (tertiary/aromatic N) is 1. The van der Waals surface area contributed by atoms with Gasteiger partial charge < -0.3 is 4.84 Å². The minimum absolute atomic E-state index is 0. The fourth-order valence-electron chi connectivity index (χ4n) is 0.142. The molecule has 0 radical (unpaired) electrons. The molecule has 0 aromatic rings. The van der Waals surface area contributed by atoms with E-state index in [1.54, 1.807) is 6.92 Å². The van der Waals surface area contributed by atoms with Crippen molar-refractivity contribution in [2.75, 3.05) is 0 Å². The molecular formula is C5H8ClNO. The molecule has 46 valence electrons. The van der Waals surface area contributed by atoms with Crippen LogP contribution in [0.5, 0.6) is 0 Å². The number of oxime groups is 1. The summed E-state index contributed by atoms with van der Waals surface area (Å²) in [6.45, 7) is 4.80. The molecule has 1 unspecified atom stereocenters. The molecule has 0 aliphatic heterocycles. The average Bonchev–Trinajstić information content (AvgIpc) is 1.68. The van der Waals surface area contributed by atoms with Crippen LogP contribution >= 0.6 is 12.4 Å². The molecule has 0 saturated carbocycles. The van der Waals surface area contributed by atoms with Crippen molar-refractivity contribution in [3.05, 3.63) is 0 Å². The van der Waals surface area contributed by atoms with Crippen molar-refractivity contribution < 1.29 is 4.84 Å². The van der Waals surface area contributed by atoms with Gasteiger partial charge in [-0.3, -0.25) is 0 Å². The molecule has 0 fully saturated rings. The Hall–Kier alpha value is -0.680. The van der Waals surface area contributed by atoms with Gasteiger partial charge >= 0.3 is 0 Å². The first kappa shape index (κ1) is 10.3. The van der Waals surface area contributed by atoms with E-state index >= 15 is 0 Å². The van der Waals surface area contributed by atoms with Crippen LogP contribution in [0.1, 0.15) is 6.92 Å². The highest BCUT2D eigenvalue weighted by molar-refractivity contribution is 5.85. The molecule has 0 bridgehead atoms. The van der Waals surface area contributed by atoms with E-state index in [0.717, 1.165) is 0 Å². The van der Waals surface area contributed by atoms with Crippen LogP contribution in [0.15, 0.2) is 5.16 Å². The third-order valence-electron chi connectivity index (χ3n) is 0.467. The fraction of sp³-hybridized carbons (Fsp3) is 0.400. The van der Waals surface area contributed by atoms with Crippen molar-refractivity contribution >= 4 is 19.1 Å². The Kier molecular flexibility index (Phi) is 8.16. The van der Waals surface area contributed by atoms with Crippen LogP contribution in [-0.2, 0) is 4.84 Å². The average molecular weight is 134 g/mol. The van der Waals surface area contributed by atoms with E-state index in [1.165, 1.54) is 0 Å². The highest BCUT2D eigenvalue weighted by atomic mass is 35.5. The van der Waals surface area contributed by atoms with Crippen LogP contribution in [0.4, 0.5) is 0 Å². The summed E-state index contributed by atoms with van der Waals surface area (Å²) < 4.78 is 0. The molecule has 0 spiro atoms. The summed E-state index contributed by atoms with van der Waals surface area (Å²) in [5, 5.41) is 3.11.